The number of hydrogen-bond acceptors (Lipinski definition) is 4. The van der Waals surface area contributed by atoms with Gasteiger partial charge in [0.2, 0.25) is 0 Å². The molecule has 0 unspecified atom stereocenters. The van der Waals surface area contributed by atoms with Crippen molar-refractivity contribution >= 4 is 23.0 Å². The predicted molar refractivity (Wildman–Crippen MR) is 107 cm³/mol. The summed E-state index contributed by atoms with van der Waals surface area (Å²) in [5, 5.41) is 4.25. The Labute approximate surface area is 154 Å². The van der Waals surface area contributed by atoms with E-state index in [2.05, 4.69) is 27.2 Å². The Balaban J connectivity index is 0.000000236. The molecule has 2 N–H and O–H groups in total. The molecule has 1 aliphatic heterocycles. The summed E-state index contributed by atoms with van der Waals surface area (Å²) < 4.78 is 0. The minimum Gasteiger partial charge on any atom is -0.380 e. The van der Waals surface area contributed by atoms with E-state index in [-0.39, 0.29) is 0 Å². The fourth-order valence-corrected chi connectivity index (χ4v) is 3.15. The number of hydrogen-bond donors (Lipinski definition) is 2. The smallest absolute Gasteiger partial charge is 0.153 e. The molecule has 3 aromatic rings. The largest absolute Gasteiger partial charge is 0.380 e. The quantitative estimate of drug-likeness (QED) is 0.696. The predicted octanol–water partition coefficient (Wildman–Crippen LogP) is 4.09. The Kier molecular flexibility index (Phi) is 6.39. The van der Waals surface area contributed by atoms with Gasteiger partial charge in [-0.15, -0.1) is 0 Å². The van der Waals surface area contributed by atoms with Gasteiger partial charge in [-0.2, -0.15) is 0 Å². The normalized spacial score (nSPS) is 14.5. The number of H-pyrrole nitrogens is 1. The fourth-order valence-electron chi connectivity index (χ4n) is 3.15. The van der Waals surface area contributed by atoms with Crippen molar-refractivity contribution in [2.75, 3.05) is 25.5 Å². The van der Waals surface area contributed by atoms with E-state index >= 15 is 0 Å². The van der Waals surface area contributed by atoms with Gasteiger partial charge in [-0.3, -0.25) is 4.79 Å². The van der Waals surface area contributed by atoms with E-state index in [0.717, 1.165) is 23.0 Å². The van der Waals surface area contributed by atoms with E-state index in [1.54, 1.807) is 6.20 Å². The summed E-state index contributed by atoms with van der Waals surface area (Å²) in [4.78, 5) is 20.7. The molecule has 3 heterocycles. The zero-order chi connectivity index (χ0) is 18.2. The van der Waals surface area contributed by atoms with Crippen molar-refractivity contribution in [1.82, 2.24) is 14.9 Å². The van der Waals surface area contributed by atoms with Crippen LogP contribution in [0.15, 0.2) is 48.8 Å². The van der Waals surface area contributed by atoms with Gasteiger partial charge in [0.1, 0.15) is 5.65 Å². The zero-order valence-corrected chi connectivity index (χ0v) is 15.2. The molecule has 0 aliphatic carbocycles. The summed E-state index contributed by atoms with van der Waals surface area (Å²) >= 11 is 0. The van der Waals surface area contributed by atoms with Gasteiger partial charge in [0.25, 0.3) is 0 Å². The second-order valence-electron chi connectivity index (χ2n) is 6.65. The van der Waals surface area contributed by atoms with Gasteiger partial charge in [0, 0.05) is 24.3 Å². The summed E-state index contributed by atoms with van der Waals surface area (Å²) in [5.41, 5.74) is 3.34. The molecular weight excluding hydrogens is 324 g/mol. The van der Waals surface area contributed by atoms with Gasteiger partial charge in [-0.1, -0.05) is 36.8 Å². The van der Waals surface area contributed by atoms with Crippen LogP contribution >= 0.6 is 0 Å². The summed E-state index contributed by atoms with van der Waals surface area (Å²) in [5.74, 6) is 0. The molecule has 4 rings (SSSR count). The van der Waals surface area contributed by atoms with E-state index in [4.69, 9.17) is 0 Å². The highest BCUT2D eigenvalue weighted by Gasteiger charge is 2.08. The molecule has 0 atom stereocenters. The summed E-state index contributed by atoms with van der Waals surface area (Å²) in [6, 6.07) is 12.0. The van der Waals surface area contributed by atoms with Crippen LogP contribution in [0.2, 0.25) is 0 Å². The number of carbonyl (C=O) groups excluding carboxylic acids is 1. The van der Waals surface area contributed by atoms with E-state index in [1.165, 1.54) is 37.9 Å². The Morgan fingerprint density at radius 3 is 2.58 bits per heavy atom. The minimum atomic E-state index is 0.572. The molecule has 0 radical (unpaired) electrons. The molecule has 136 valence electrons. The number of likely N-dealkylation sites (tertiary alicyclic amines) is 1. The maximum atomic E-state index is 11.1. The lowest BCUT2D eigenvalue weighted by atomic mass is 10.1. The van der Waals surface area contributed by atoms with Crippen LogP contribution in [0.3, 0.4) is 0 Å². The number of nitrogens with zero attached hydrogens (tertiary/aromatic N) is 2. The average Bonchev–Trinajstić information content (AvgIpc) is 3.17. The first-order chi connectivity index (χ1) is 12.8. The Bertz CT molecular complexity index is 822. The maximum Gasteiger partial charge on any atom is 0.153 e. The zero-order valence-electron chi connectivity index (χ0n) is 15.2. The van der Waals surface area contributed by atoms with Gasteiger partial charge >= 0.3 is 0 Å². The SMILES string of the molecule is CN1CCCCC1.O=Cc1cnc2[nH]ccc2c1NCc1ccccc1. The fraction of sp³-hybridized carbons (Fsp3) is 0.333. The van der Waals surface area contributed by atoms with Crippen molar-refractivity contribution in [3.8, 4) is 0 Å². The van der Waals surface area contributed by atoms with Crippen LogP contribution in [0.5, 0.6) is 0 Å². The highest BCUT2D eigenvalue weighted by molar-refractivity contribution is 5.99. The maximum absolute atomic E-state index is 11.1. The lowest BCUT2D eigenvalue weighted by Gasteiger charge is -2.20. The van der Waals surface area contributed by atoms with Crippen LogP contribution in [0.1, 0.15) is 35.2 Å². The number of piperidine rings is 1. The van der Waals surface area contributed by atoms with Gasteiger partial charge in [0.05, 0.1) is 11.3 Å². The number of fused-ring (bicyclic) bond motifs is 1. The van der Waals surface area contributed by atoms with Crippen LogP contribution in [-0.4, -0.2) is 41.3 Å². The molecule has 1 aliphatic rings. The molecule has 0 amide bonds. The van der Waals surface area contributed by atoms with Crippen molar-refractivity contribution in [2.24, 2.45) is 0 Å². The van der Waals surface area contributed by atoms with Gasteiger partial charge < -0.3 is 15.2 Å². The van der Waals surface area contributed by atoms with Gasteiger partial charge in [-0.05, 0) is 44.6 Å². The molecule has 0 bridgehead atoms. The number of rotatable bonds is 4. The molecule has 2 aromatic heterocycles. The molecule has 5 heteroatoms. The summed E-state index contributed by atoms with van der Waals surface area (Å²) in [6.45, 7) is 3.31. The van der Waals surface area contributed by atoms with Crippen molar-refractivity contribution in [3.63, 3.8) is 0 Å². The number of carbonyl (C=O) groups is 1. The van der Waals surface area contributed by atoms with Crippen molar-refractivity contribution in [2.45, 2.75) is 25.8 Å². The lowest BCUT2D eigenvalue weighted by molar-refractivity contribution is 0.112. The second-order valence-corrected chi connectivity index (χ2v) is 6.65. The van der Waals surface area contributed by atoms with Crippen LogP contribution in [-0.2, 0) is 6.54 Å². The van der Waals surface area contributed by atoms with Crippen LogP contribution in [0, 0.1) is 0 Å². The van der Waals surface area contributed by atoms with Gasteiger partial charge in [0.15, 0.2) is 6.29 Å². The molecule has 26 heavy (non-hydrogen) atoms. The van der Waals surface area contributed by atoms with Crippen LogP contribution in [0.25, 0.3) is 11.0 Å². The first-order valence-electron chi connectivity index (χ1n) is 9.15. The Hall–Kier alpha value is -2.66. The van der Waals surface area contributed by atoms with E-state index in [1.807, 2.05) is 42.6 Å². The number of aromatic nitrogens is 2. The summed E-state index contributed by atoms with van der Waals surface area (Å²) in [6.07, 6.45) is 8.50. The number of anilines is 1. The van der Waals surface area contributed by atoms with Gasteiger partial charge in [-0.25, -0.2) is 4.98 Å². The van der Waals surface area contributed by atoms with Crippen molar-refractivity contribution < 1.29 is 4.79 Å². The molecule has 0 spiro atoms. The van der Waals surface area contributed by atoms with Crippen LogP contribution in [0.4, 0.5) is 5.69 Å². The molecule has 1 fully saturated rings. The highest BCUT2D eigenvalue weighted by atomic mass is 16.1. The average molecular weight is 350 g/mol. The monoisotopic (exact) mass is 350 g/mol. The standard InChI is InChI=1S/C15H13N3O.C6H13N/c19-10-12-9-18-15-13(6-7-16-15)14(12)17-8-11-4-2-1-3-5-11;1-7-5-3-2-4-6-7/h1-7,9-10H,8H2,(H2,16,17,18);2-6H2,1H3. The Morgan fingerprint density at radius 2 is 1.92 bits per heavy atom. The number of nitrogens with one attached hydrogen (secondary N) is 2. The number of benzene rings is 1. The van der Waals surface area contributed by atoms with Crippen molar-refractivity contribution in [1.29, 1.82) is 0 Å². The first kappa shape index (κ1) is 18.1. The first-order valence-corrected chi connectivity index (χ1v) is 9.15. The molecule has 0 saturated carbocycles. The van der Waals surface area contributed by atoms with E-state index in [9.17, 15) is 4.79 Å². The van der Waals surface area contributed by atoms with Crippen molar-refractivity contribution in [3.05, 3.63) is 59.9 Å². The minimum absolute atomic E-state index is 0.572. The van der Waals surface area contributed by atoms with E-state index < -0.39 is 0 Å². The van der Waals surface area contributed by atoms with E-state index in [0.29, 0.717) is 12.1 Å². The second kappa shape index (κ2) is 9.15. The highest BCUT2D eigenvalue weighted by Crippen LogP contribution is 2.24. The Morgan fingerprint density at radius 1 is 1.15 bits per heavy atom. The molecule has 1 saturated heterocycles. The number of aldehydes is 1. The molecule has 1 aromatic carbocycles. The number of aromatic amines is 1. The molecule has 5 nitrogen and oxygen atoms in total. The summed E-state index contributed by atoms with van der Waals surface area (Å²) in [7, 11) is 2.19. The molecular formula is C21H26N4O. The lowest BCUT2D eigenvalue weighted by Crippen LogP contribution is -2.24. The van der Waals surface area contributed by atoms with Crippen LogP contribution < -0.4 is 5.32 Å². The number of pyridine rings is 1. The third-order valence-electron chi connectivity index (χ3n) is 4.63. The topological polar surface area (TPSA) is 61.0 Å². The third kappa shape index (κ3) is 4.70. The third-order valence-corrected chi connectivity index (χ3v) is 4.63.